The van der Waals surface area contributed by atoms with Crippen molar-refractivity contribution in [2.45, 2.75) is 52.1 Å². The summed E-state index contributed by atoms with van der Waals surface area (Å²) in [5.74, 6) is 0.647. The van der Waals surface area contributed by atoms with E-state index in [1.165, 1.54) is 17.3 Å². The number of hydrogen-bond donors (Lipinski definition) is 1. The third-order valence-electron chi connectivity index (χ3n) is 4.60. The fraction of sp³-hybridized carbons (Fsp3) is 0.391. The van der Waals surface area contributed by atoms with Crippen LogP contribution in [-0.4, -0.2) is 34.6 Å². The molecule has 0 unspecified atom stereocenters. The molecular formula is C23H28Cl2N2O2S. The van der Waals surface area contributed by atoms with E-state index >= 15 is 0 Å². The van der Waals surface area contributed by atoms with Gasteiger partial charge in [-0.3, -0.25) is 9.59 Å². The molecule has 0 saturated heterocycles. The first kappa shape index (κ1) is 24.6. The molecule has 0 aliphatic carbocycles. The Morgan fingerprint density at radius 1 is 1.03 bits per heavy atom. The largest absolute Gasteiger partial charge is 0.352 e. The maximum Gasteiger partial charge on any atom is 0.242 e. The van der Waals surface area contributed by atoms with E-state index in [-0.39, 0.29) is 30.2 Å². The Labute approximate surface area is 193 Å². The number of nitrogens with one attached hydrogen (secondary N) is 1. The van der Waals surface area contributed by atoms with Gasteiger partial charge in [0, 0.05) is 33.9 Å². The van der Waals surface area contributed by atoms with Crippen molar-refractivity contribution in [2.24, 2.45) is 0 Å². The lowest BCUT2D eigenvalue weighted by molar-refractivity contribution is -0.138. The van der Waals surface area contributed by atoms with Crippen molar-refractivity contribution >= 4 is 46.8 Å². The van der Waals surface area contributed by atoms with Gasteiger partial charge >= 0.3 is 0 Å². The molecule has 0 radical (unpaired) electrons. The van der Waals surface area contributed by atoms with Crippen LogP contribution in [0.3, 0.4) is 0 Å². The highest BCUT2D eigenvalue weighted by Crippen LogP contribution is 2.27. The molecule has 0 bridgehead atoms. The van der Waals surface area contributed by atoms with Gasteiger partial charge < -0.3 is 10.2 Å². The molecule has 0 heterocycles. The second kappa shape index (κ2) is 11.6. The van der Waals surface area contributed by atoms with E-state index in [0.717, 1.165) is 11.3 Å². The molecule has 0 spiro atoms. The van der Waals surface area contributed by atoms with Crippen LogP contribution in [0.5, 0.6) is 0 Å². The van der Waals surface area contributed by atoms with Gasteiger partial charge in [-0.05, 0) is 45.4 Å². The number of halogens is 2. The predicted octanol–water partition coefficient (Wildman–Crippen LogP) is 5.48. The molecule has 0 fully saturated rings. The van der Waals surface area contributed by atoms with Crippen LogP contribution in [0.4, 0.5) is 0 Å². The normalized spacial score (nSPS) is 12.0. The van der Waals surface area contributed by atoms with Gasteiger partial charge in [0.1, 0.15) is 6.04 Å². The summed E-state index contributed by atoms with van der Waals surface area (Å²) < 4.78 is 0. The minimum absolute atomic E-state index is 0.0169. The number of aryl methyl sites for hydroxylation is 1. The zero-order chi connectivity index (χ0) is 22.3. The Morgan fingerprint density at radius 2 is 1.63 bits per heavy atom. The van der Waals surface area contributed by atoms with Crippen LogP contribution in [0.2, 0.25) is 10.0 Å². The van der Waals surface area contributed by atoms with Crippen LogP contribution in [0, 0.1) is 6.92 Å². The molecule has 0 aromatic heterocycles. The molecule has 0 aliphatic rings. The Kier molecular flexibility index (Phi) is 9.53. The summed E-state index contributed by atoms with van der Waals surface area (Å²) in [6, 6.07) is 12.8. The Bertz CT molecular complexity index is 852. The summed E-state index contributed by atoms with van der Waals surface area (Å²) in [6.45, 7) is 7.72. The Balaban J connectivity index is 2.13. The zero-order valence-corrected chi connectivity index (χ0v) is 20.1. The first-order valence-corrected chi connectivity index (χ1v) is 11.8. The summed E-state index contributed by atoms with van der Waals surface area (Å²) in [5, 5.41) is 3.83. The number of hydrogen-bond acceptors (Lipinski definition) is 3. The van der Waals surface area contributed by atoms with Crippen molar-refractivity contribution < 1.29 is 9.59 Å². The lowest BCUT2D eigenvalue weighted by Gasteiger charge is -2.30. The first-order valence-electron chi connectivity index (χ1n) is 9.85. The molecule has 7 heteroatoms. The van der Waals surface area contributed by atoms with E-state index in [4.69, 9.17) is 23.2 Å². The number of amides is 2. The quantitative estimate of drug-likeness (QED) is 0.532. The number of rotatable bonds is 9. The maximum absolute atomic E-state index is 13.1. The van der Waals surface area contributed by atoms with Crippen LogP contribution >= 0.6 is 35.0 Å². The third-order valence-corrected chi connectivity index (χ3v) is 6.30. The molecule has 162 valence electrons. The van der Waals surface area contributed by atoms with Crippen LogP contribution in [0.25, 0.3) is 0 Å². The van der Waals surface area contributed by atoms with Crippen LogP contribution in [0.1, 0.15) is 37.5 Å². The third kappa shape index (κ3) is 7.22. The fourth-order valence-corrected chi connectivity index (χ4v) is 4.25. The van der Waals surface area contributed by atoms with Crippen molar-refractivity contribution in [3.8, 4) is 0 Å². The highest BCUT2D eigenvalue weighted by Gasteiger charge is 2.27. The average molecular weight is 467 g/mol. The zero-order valence-electron chi connectivity index (χ0n) is 17.7. The molecule has 2 aromatic rings. The van der Waals surface area contributed by atoms with E-state index in [2.05, 4.69) is 29.6 Å². The lowest BCUT2D eigenvalue weighted by atomic mass is 10.1. The van der Waals surface area contributed by atoms with Gasteiger partial charge in [-0.1, -0.05) is 59.1 Å². The topological polar surface area (TPSA) is 49.4 Å². The minimum Gasteiger partial charge on any atom is -0.352 e. The van der Waals surface area contributed by atoms with E-state index in [1.807, 2.05) is 20.8 Å². The Hall–Kier alpha value is -1.69. The minimum atomic E-state index is -0.646. The molecule has 2 aromatic carbocycles. The van der Waals surface area contributed by atoms with E-state index in [1.54, 1.807) is 30.0 Å². The second-order valence-corrected chi connectivity index (χ2v) is 9.34. The average Bonchev–Trinajstić information content (AvgIpc) is 2.68. The van der Waals surface area contributed by atoms with Crippen LogP contribution in [0.15, 0.2) is 42.5 Å². The fourth-order valence-electron chi connectivity index (χ4n) is 2.86. The molecular weight excluding hydrogens is 439 g/mol. The van der Waals surface area contributed by atoms with Gasteiger partial charge in [-0.25, -0.2) is 0 Å². The molecule has 0 aliphatic heterocycles. The summed E-state index contributed by atoms with van der Waals surface area (Å²) in [4.78, 5) is 27.2. The number of thioether (sulfide) groups is 1. The van der Waals surface area contributed by atoms with Gasteiger partial charge in [0.05, 0.1) is 5.75 Å². The monoisotopic (exact) mass is 466 g/mol. The van der Waals surface area contributed by atoms with Crippen molar-refractivity contribution in [3.05, 3.63) is 69.2 Å². The molecule has 2 rings (SSSR count). The van der Waals surface area contributed by atoms with Gasteiger partial charge in [-0.2, -0.15) is 0 Å². The number of carbonyl (C=O) groups is 2. The molecule has 4 nitrogen and oxygen atoms in total. The van der Waals surface area contributed by atoms with E-state index in [9.17, 15) is 9.59 Å². The molecule has 30 heavy (non-hydrogen) atoms. The highest BCUT2D eigenvalue weighted by molar-refractivity contribution is 7.99. The van der Waals surface area contributed by atoms with Crippen LogP contribution in [-0.2, 0) is 21.9 Å². The van der Waals surface area contributed by atoms with Gasteiger partial charge in [0.15, 0.2) is 0 Å². The number of carbonyl (C=O) groups excluding carboxylic acids is 2. The highest BCUT2D eigenvalue weighted by atomic mass is 35.5. The van der Waals surface area contributed by atoms with Crippen LogP contribution < -0.4 is 5.32 Å². The molecule has 0 saturated carbocycles. The Morgan fingerprint density at radius 3 is 2.20 bits per heavy atom. The van der Waals surface area contributed by atoms with Crippen molar-refractivity contribution in [3.63, 3.8) is 0 Å². The molecule has 1 N–H and O–H groups in total. The number of nitrogens with zero attached hydrogens (tertiary/aromatic N) is 1. The summed E-state index contributed by atoms with van der Waals surface area (Å²) >= 11 is 14.2. The lowest BCUT2D eigenvalue weighted by Crippen LogP contribution is -2.49. The second-order valence-electron chi connectivity index (χ2n) is 7.54. The van der Waals surface area contributed by atoms with Gasteiger partial charge in [0.25, 0.3) is 0 Å². The van der Waals surface area contributed by atoms with E-state index < -0.39 is 6.04 Å². The van der Waals surface area contributed by atoms with Crippen molar-refractivity contribution in [1.29, 1.82) is 0 Å². The maximum atomic E-state index is 13.1. The molecule has 2 amide bonds. The number of benzene rings is 2. The predicted molar refractivity (Wildman–Crippen MR) is 127 cm³/mol. The van der Waals surface area contributed by atoms with Crippen molar-refractivity contribution in [2.75, 3.05) is 5.75 Å². The summed E-state index contributed by atoms with van der Waals surface area (Å²) in [5.41, 5.74) is 3.00. The van der Waals surface area contributed by atoms with Crippen molar-refractivity contribution in [1.82, 2.24) is 10.2 Å². The first-order chi connectivity index (χ1) is 14.2. The van der Waals surface area contributed by atoms with Gasteiger partial charge in [0.2, 0.25) is 11.8 Å². The standard InChI is InChI=1S/C23H28Cl2N2O2S/c1-15(2)26-23(29)17(4)27(12-19-20(24)6-5-7-21(19)25)22(28)14-30-13-18-10-8-16(3)9-11-18/h5-11,15,17H,12-14H2,1-4H3,(H,26,29)/t17-/m0/s1. The van der Waals surface area contributed by atoms with Gasteiger partial charge in [-0.15, -0.1) is 11.8 Å². The smallest absolute Gasteiger partial charge is 0.242 e. The summed E-state index contributed by atoms with van der Waals surface area (Å²) in [7, 11) is 0. The SMILES string of the molecule is Cc1ccc(CSCC(=O)N(Cc2c(Cl)cccc2Cl)[C@@H](C)C(=O)NC(C)C)cc1. The summed E-state index contributed by atoms with van der Waals surface area (Å²) in [6.07, 6.45) is 0. The molecule has 1 atom stereocenters. The van der Waals surface area contributed by atoms with E-state index in [0.29, 0.717) is 15.6 Å².